The summed E-state index contributed by atoms with van der Waals surface area (Å²) >= 11 is 0. The van der Waals surface area contributed by atoms with E-state index >= 15 is 0 Å². The number of para-hydroxylation sites is 2. The molecule has 0 radical (unpaired) electrons. The van der Waals surface area contributed by atoms with Crippen molar-refractivity contribution < 1.29 is 14.0 Å². The molecule has 1 N–H and O–H groups in total. The van der Waals surface area contributed by atoms with Crippen LogP contribution in [0.25, 0.3) is 11.0 Å². The second-order valence-electron chi connectivity index (χ2n) is 6.17. The summed E-state index contributed by atoms with van der Waals surface area (Å²) in [5, 5.41) is 3.97. The standard InChI is InChI=1S/C23H17NO3/c25-20(22-14-17-10-4-7-13-21(17)27-22)15-24-19-12-6-5-11-18(19)23(26)16-8-2-1-3-9-16/h1-14,24H,15H2. The van der Waals surface area contributed by atoms with Crippen LogP contribution in [-0.4, -0.2) is 18.1 Å². The summed E-state index contributed by atoms with van der Waals surface area (Å²) in [5.74, 6) is 0.0404. The van der Waals surface area contributed by atoms with E-state index < -0.39 is 0 Å². The fourth-order valence-electron chi connectivity index (χ4n) is 2.96. The van der Waals surface area contributed by atoms with Gasteiger partial charge in [-0.15, -0.1) is 0 Å². The van der Waals surface area contributed by atoms with Gasteiger partial charge in [-0.1, -0.05) is 60.7 Å². The van der Waals surface area contributed by atoms with Crippen molar-refractivity contribution >= 4 is 28.2 Å². The van der Waals surface area contributed by atoms with E-state index in [1.165, 1.54) is 0 Å². The molecule has 4 heteroatoms. The Balaban J connectivity index is 1.53. The predicted octanol–water partition coefficient (Wildman–Crippen LogP) is 4.96. The van der Waals surface area contributed by atoms with Gasteiger partial charge in [-0.2, -0.15) is 0 Å². The molecule has 0 aliphatic heterocycles. The predicted molar refractivity (Wildman–Crippen MR) is 105 cm³/mol. The first kappa shape index (κ1) is 16.8. The molecule has 0 unspecified atom stereocenters. The van der Waals surface area contributed by atoms with E-state index in [1.54, 1.807) is 30.3 Å². The number of anilines is 1. The molecule has 4 aromatic rings. The molecule has 3 aromatic carbocycles. The number of carbonyl (C=O) groups excluding carboxylic acids is 2. The van der Waals surface area contributed by atoms with Gasteiger partial charge in [0.2, 0.25) is 5.78 Å². The molecule has 1 aromatic heterocycles. The molecule has 0 atom stereocenters. The van der Waals surface area contributed by atoms with Crippen LogP contribution in [0.5, 0.6) is 0 Å². The third-order valence-electron chi connectivity index (χ3n) is 4.35. The summed E-state index contributed by atoms with van der Waals surface area (Å²) in [4.78, 5) is 25.3. The largest absolute Gasteiger partial charge is 0.453 e. The van der Waals surface area contributed by atoms with Crippen LogP contribution in [-0.2, 0) is 0 Å². The molecule has 4 rings (SSSR count). The average molecular weight is 355 g/mol. The Morgan fingerprint density at radius 1 is 0.815 bits per heavy atom. The summed E-state index contributed by atoms with van der Waals surface area (Å²) < 4.78 is 5.61. The molecule has 0 aliphatic carbocycles. The fourth-order valence-corrected chi connectivity index (χ4v) is 2.96. The molecule has 0 fully saturated rings. The molecule has 0 aliphatic rings. The maximum absolute atomic E-state index is 12.8. The van der Waals surface area contributed by atoms with Crippen LogP contribution in [0, 0.1) is 0 Å². The zero-order valence-electron chi connectivity index (χ0n) is 14.5. The Bertz CT molecular complexity index is 1080. The van der Waals surface area contributed by atoms with Gasteiger partial charge < -0.3 is 9.73 Å². The number of Topliss-reactive ketones (excluding diaryl/α,β-unsaturated/α-hetero) is 1. The van der Waals surface area contributed by atoms with Crippen LogP contribution in [0.1, 0.15) is 26.5 Å². The molecule has 0 saturated heterocycles. The number of hydrogen-bond donors (Lipinski definition) is 1. The van der Waals surface area contributed by atoms with Gasteiger partial charge in [-0.25, -0.2) is 0 Å². The van der Waals surface area contributed by atoms with Crippen LogP contribution < -0.4 is 5.32 Å². The number of fused-ring (bicyclic) bond motifs is 1. The van der Waals surface area contributed by atoms with Gasteiger partial charge in [-0.05, 0) is 24.3 Å². The van der Waals surface area contributed by atoms with E-state index in [0.29, 0.717) is 28.2 Å². The van der Waals surface area contributed by atoms with Crippen LogP contribution in [0.2, 0.25) is 0 Å². The van der Waals surface area contributed by atoms with E-state index in [-0.39, 0.29) is 18.1 Å². The maximum atomic E-state index is 12.8. The number of carbonyl (C=O) groups is 2. The Hall–Kier alpha value is -3.66. The first-order valence-corrected chi connectivity index (χ1v) is 8.67. The van der Waals surface area contributed by atoms with Gasteiger partial charge in [0, 0.05) is 22.2 Å². The zero-order valence-corrected chi connectivity index (χ0v) is 14.5. The van der Waals surface area contributed by atoms with Crippen molar-refractivity contribution in [2.24, 2.45) is 0 Å². The quantitative estimate of drug-likeness (QED) is 0.497. The van der Waals surface area contributed by atoms with Crippen molar-refractivity contribution in [3.8, 4) is 0 Å². The minimum atomic E-state index is -0.173. The summed E-state index contributed by atoms with van der Waals surface area (Å²) in [6.45, 7) is 0.0406. The lowest BCUT2D eigenvalue weighted by atomic mass is 10.0. The van der Waals surface area contributed by atoms with Crippen LogP contribution in [0.3, 0.4) is 0 Å². The second kappa shape index (κ2) is 7.30. The average Bonchev–Trinajstić information content (AvgIpc) is 3.17. The van der Waals surface area contributed by atoms with Gasteiger partial charge in [0.05, 0.1) is 6.54 Å². The molecule has 0 spiro atoms. The fraction of sp³-hybridized carbons (Fsp3) is 0.0435. The van der Waals surface area contributed by atoms with Crippen LogP contribution >= 0.6 is 0 Å². The highest BCUT2D eigenvalue weighted by Crippen LogP contribution is 2.21. The van der Waals surface area contributed by atoms with Crippen LogP contribution in [0.4, 0.5) is 5.69 Å². The molecular formula is C23H17NO3. The van der Waals surface area contributed by atoms with Gasteiger partial charge >= 0.3 is 0 Å². The molecule has 27 heavy (non-hydrogen) atoms. The lowest BCUT2D eigenvalue weighted by Crippen LogP contribution is -2.15. The van der Waals surface area contributed by atoms with Crippen molar-refractivity contribution in [3.05, 3.63) is 102 Å². The normalized spacial score (nSPS) is 10.7. The molecule has 0 bridgehead atoms. The lowest BCUT2D eigenvalue weighted by Gasteiger charge is -2.10. The second-order valence-corrected chi connectivity index (χ2v) is 6.17. The molecule has 4 nitrogen and oxygen atoms in total. The van der Waals surface area contributed by atoms with Crippen molar-refractivity contribution in [2.45, 2.75) is 0 Å². The van der Waals surface area contributed by atoms with E-state index in [4.69, 9.17) is 4.42 Å². The highest BCUT2D eigenvalue weighted by molar-refractivity contribution is 6.12. The number of hydrogen-bond acceptors (Lipinski definition) is 4. The maximum Gasteiger partial charge on any atom is 0.216 e. The topological polar surface area (TPSA) is 59.3 Å². The minimum absolute atomic E-state index is 0.0406. The van der Waals surface area contributed by atoms with Crippen molar-refractivity contribution in [3.63, 3.8) is 0 Å². The zero-order chi connectivity index (χ0) is 18.6. The Morgan fingerprint density at radius 2 is 1.52 bits per heavy atom. The molecule has 0 saturated carbocycles. The Kier molecular flexibility index (Phi) is 4.54. The van der Waals surface area contributed by atoms with E-state index in [2.05, 4.69) is 5.32 Å². The summed E-state index contributed by atoms with van der Waals surface area (Å²) in [7, 11) is 0. The third kappa shape index (κ3) is 3.51. The first-order chi connectivity index (χ1) is 13.2. The van der Waals surface area contributed by atoms with Gasteiger partial charge in [-0.3, -0.25) is 9.59 Å². The van der Waals surface area contributed by atoms with E-state index in [1.807, 2.05) is 54.6 Å². The SMILES string of the molecule is O=C(CNc1ccccc1C(=O)c1ccccc1)c1cc2ccccc2o1. The molecular weight excluding hydrogens is 338 g/mol. The van der Waals surface area contributed by atoms with Crippen LogP contribution in [0.15, 0.2) is 89.3 Å². The van der Waals surface area contributed by atoms with E-state index in [9.17, 15) is 9.59 Å². The summed E-state index contributed by atoms with van der Waals surface area (Å²) in [6.07, 6.45) is 0. The van der Waals surface area contributed by atoms with Gasteiger partial charge in [0.1, 0.15) is 5.58 Å². The number of ketones is 2. The molecule has 0 amide bonds. The number of nitrogens with one attached hydrogen (secondary N) is 1. The smallest absolute Gasteiger partial charge is 0.216 e. The van der Waals surface area contributed by atoms with Crippen molar-refractivity contribution in [1.29, 1.82) is 0 Å². The van der Waals surface area contributed by atoms with E-state index in [0.717, 1.165) is 5.39 Å². The van der Waals surface area contributed by atoms with Gasteiger partial charge in [0.25, 0.3) is 0 Å². The summed E-state index contributed by atoms with van der Waals surface area (Å²) in [5.41, 5.74) is 2.44. The number of furan rings is 1. The Labute approximate surface area is 156 Å². The number of benzene rings is 3. The van der Waals surface area contributed by atoms with Gasteiger partial charge in [0.15, 0.2) is 11.5 Å². The summed E-state index contributed by atoms with van der Waals surface area (Å²) in [6, 6.07) is 25.5. The number of rotatable bonds is 6. The van der Waals surface area contributed by atoms with Crippen molar-refractivity contribution in [1.82, 2.24) is 0 Å². The minimum Gasteiger partial charge on any atom is -0.453 e. The molecule has 132 valence electrons. The Morgan fingerprint density at radius 3 is 2.33 bits per heavy atom. The highest BCUT2D eigenvalue weighted by Gasteiger charge is 2.16. The highest BCUT2D eigenvalue weighted by atomic mass is 16.3. The molecule has 1 heterocycles. The third-order valence-corrected chi connectivity index (χ3v) is 4.35. The lowest BCUT2D eigenvalue weighted by molar-refractivity contribution is 0.0980. The first-order valence-electron chi connectivity index (χ1n) is 8.67. The van der Waals surface area contributed by atoms with Crippen molar-refractivity contribution in [2.75, 3.05) is 11.9 Å². The monoisotopic (exact) mass is 355 g/mol.